The zero-order valence-electron chi connectivity index (χ0n) is 18.7. The summed E-state index contributed by atoms with van der Waals surface area (Å²) in [5.74, 6) is 2.76. The third-order valence-corrected chi connectivity index (χ3v) is 6.84. The Hall–Kier alpha value is -3.39. The smallest absolute Gasteiger partial charge is 0.253 e. The molecule has 7 nitrogen and oxygen atoms in total. The predicted molar refractivity (Wildman–Crippen MR) is 126 cm³/mol. The van der Waals surface area contributed by atoms with E-state index in [0.717, 1.165) is 22.8 Å². The monoisotopic (exact) mass is 460 g/mol. The number of carbonyl (C=O) groups is 1. The van der Waals surface area contributed by atoms with Gasteiger partial charge >= 0.3 is 0 Å². The minimum Gasteiger partial charge on any atom is -0.497 e. The Balaban J connectivity index is 1.40. The summed E-state index contributed by atoms with van der Waals surface area (Å²) >= 11 is 1.56. The van der Waals surface area contributed by atoms with Gasteiger partial charge < -0.3 is 9.47 Å². The molecular formula is C25H24N4O3S. The van der Waals surface area contributed by atoms with Crippen molar-refractivity contribution < 1.29 is 14.3 Å². The number of fused-ring (bicyclic) bond motifs is 2. The fraction of sp³-hybridized carbons (Fsp3) is 0.280. The Morgan fingerprint density at radius 2 is 1.88 bits per heavy atom. The van der Waals surface area contributed by atoms with E-state index in [2.05, 4.69) is 41.3 Å². The zero-order chi connectivity index (χ0) is 22.9. The molecule has 2 aromatic heterocycles. The molecule has 0 fully saturated rings. The lowest BCUT2D eigenvalue weighted by Crippen LogP contribution is -2.21. The molecule has 4 aromatic rings. The number of aryl methyl sites for hydroxylation is 1. The number of aromatic nitrogens is 4. The molecule has 33 heavy (non-hydrogen) atoms. The zero-order valence-corrected chi connectivity index (χ0v) is 19.6. The first-order valence-electron chi connectivity index (χ1n) is 10.7. The molecule has 1 aliphatic carbocycles. The molecule has 0 N–H and O–H groups in total. The van der Waals surface area contributed by atoms with E-state index in [9.17, 15) is 4.79 Å². The third kappa shape index (κ3) is 4.30. The molecule has 1 atom stereocenters. The third-order valence-electron chi connectivity index (χ3n) is 5.93. The van der Waals surface area contributed by atoms with Gasteiger partial charge in [0.2, 0.25) is 5.16 Å². The maximum Gasteiger partial charge on any atom is 0.253 e. The summed E-state index contributed by atoms with van der Waals surface area (Å²) in [7, 11) is 3.25. The van der Waals surface area contributed by atoms with Crippen LogP contribution in [0.4, 0.5) is 0 Å². The second kappa shape index (κ2) is 8.86. The highest BCUT2D eigenvalue weighted by molar-refractivity contribution is 7.98. The summed E-state index contributed by atoms with van der Waals surface area (Å²) < 4.78 is 12.5. The maximum atomic E-state index is 13.0. The summed E-state index contributed by atoms with van der Waals surface area (Å²) in [4.78, 5) is 22.3. The van der Waals surface area contributed by atoms with E-state index >= 15 is 0 Å². The van der Waals surface area contributed by atoms with Crippen LogP contribution in [0.2, 0.25) is 0 Å². The van der Waals surface area contributed by atoms with Crippen molar-refractivity contribution in [3.8, 4) is 11.5 Å². The molecule has 0 saturated heterocycles. The van der Waals surface area contributed by atoms with Crippen LogP contribution in [-0.2, 0) is 12.2 Å². The molecule has 2 heterocycles. The molecule has 0 spiro atoms. The molecule has 0 bridgehead atoms. The van der Waals surface area contributed by atoms with E-state index in [0.29, 0.717) is 35.1 Å². The van der Waals surface area contributed by atoms with Crippen LogP contribution in [0, 0.1) is 6.92 Å². The van der Waals surface area contributed by atoms with Crippen LogP contribution in [0.5, 0.6) is 11.5 Å². The number of ketones is 1. The number of nitrogens with zero attached hydrogens (tertiary/aromatic N) is 4. The predicted octanol–water partition coefficient (Wildman–Crippen LogP) is 4.65. The number of hydrogen-bond donors (Lipinski definition) is 0. The van der Waals surface area contributed by atoms with Crippen molar-refractivity contribution in [1.29, 1.82) is 0 Å². The highest BCUT2D eigenvalue weighted by atomic mass is 32.2. The number of thioether (sulfide) groups is 1. The summed E-state index contributed by atoms with van der Waals surface area (Å²) in [5.41, 5.74) is 4.80. The number of ether oxygens (including phenoxy) is 2. The van der Waals surface area contributed by atoms with E-state index in [1.165, 1.54) is 11.1 Å². The molecule has 168 valence electrons. The molecule has 0 saturated carbocycles. The van der Waals surface area contributed by atoms with E-state index in [1.54, 1.807) is 36.7 Å². The van der Waals surface area contributed by atoms with Gasteiger partial charge in [0.1, 0.15) is 11.5 Å². The highest BCUT2D eigenvalue weighted by Crippen LogP contribution is 2.38. The van der Waals surface area contributed by atoms with Crippen molar-refractivity contribution in [2.45, 2.75) is 36.6 Å². The molecular weight excluding hydrogens is 436 g/mol. The maximum absolute atomic E-state index is 13.0. The number of rotatable bonds is 6. The molecule has 0 radical (unpaired) electrons. The van der Waals surface area contributed by atoms with Gasteiger partial charge in [0.25, 0.3) is 5.78 Å². The summed E-state index contributed by atoms with van der Waals surface area (Å²) in [5, 5.41) is 5.18. The van der Waals surface area contributed by atoms with Crippen LogP contribution in [0.3, 0.4) is 0 Å². The Kier molecular flexibility index (Phi) is 5.76. The minimum absolute atomic E-state index is 0.0147. The Bertz CT molecular complexity index is 1330. The second-order valence-electron chi connectivity index (χ2n) is 8.15. The van der Waals surface area contributed by atoms with Gasteiger partial charge in [0.05, 0.1) is 25.5 Å². The van der Waals surface area contributed by atoms with Crippen molar-refractivity contribution in [3.63, 3.8) is 0 Å². The van der Waals surface area contributed by atoms with Gasteiger partial charge in [-0.1, -0.05) is 47.7 Å². The Labute approximate surface area is 196 Å². The first kappa shape index (κ1) is 21.5. The van der Waals surface area contributed by atoms with Crippen LogP contribution in [-0.4, -0.2) is 39.6 Å². The molecule has 1 aliphatic rings. The van der Waals surface area contributed by atoms with Gasteiger partial charge in [-0.05, 0) is 30.5 Å². The van der Waals surface area contributed by atoms with Crippen molar-refractivity contribution >= 4 is 23.3 Å². The Morgan fingerprint density at radius 1 is 1.06 bits per heavy atom. The topological polar surface area (TPSA) is 78.6 Å². The SMILES string of the molecule is COc1ccc([C@@H]2CC(=O)c3cn4nc(SCc5ccc(C)cc5)nc4nc3C2)c(OC)c1. The first-order chi connectivity index (χ1) is 16.0. The average molecular weight is 461 g/mol. The number of benzene rings is 2. The molecule has 2 aromatic carbocycles. The van der Waals surface area contributed by atoms with Crippen LogP contribution < -0.4 is 9.47 Å². The quantitative estimate of drug-likeness (QED) is 0.387. The van der Waals surface area contributed by atoms with Gasteiger partial charge in [-0.3, -0.25) is 4.79 Å². The highest BCUT2D eigenvalue weighted by Gasteiger charge is 2.30. The summed E-state index contributed by atoms with van der Waals surface area (Å²) in [6.07, 6.45) is 2.80. The molecule has 5 rings (SSSR count). The lowest BCUT2D eigenvalue weighted by Gasteiger charge is -2.24. The van der Waals surface area contributed by atoms with Gasteiger partial charge in [0.15, 0.2) is 5.78 Å². The Morgan fingerprint density at radius 3 is 2.64 bits per heavy atom. The normalized spacial score (nSPS) is 15.5. The summed E-state index contributed by atoms with van der Waals surface area (Å²) in [6, 6.07) is 14.1. The molecule has 0 amide bonds. The fourth-order valence-electron chi connectivity index (χ4n) is 4.13. The second-order valence-corrected chi connectivity index (χ2v) is 9.09. The van der Waals surface area contributed by atoms with Gasteiger partial charge in [-0.15, -0.1) is 5.10 Å². The van der Waals surface area contributed by atoms with E-state index in [4.69, 9.17) is 14.5 Å². The fourth-order valence-corrected chi connectivity index (χ4v) is 4.91. The minimum atomic E-state index is -0.0147. The van der Waals surface area contributed by atoms with Crippen LogP contribution in [0.15, 0.2) is 53.8 Å². The lowest BCUT2D eigenvalue weighted by atomic mass is 9.82. The number of carbonyl (C=O) groups excluding carboxylic acids is 1. The van der Waals surface area contributed by atoms with Crippen molar-refractivity contribution in [2.75, 3.05) is 14.2 Å². The summed E-state index contributed by atoms with van der Waals surface area (Å²) in [6.45, 7) is 2.07. The van der Waals surface area contributed by atoms with Crippen LogP contribution in [0.25, 0.3) is 5.78 Å². The van der Waals surface area contributed by atoms with E-state index < -0.39 is 0 Å². The van der Waals surface area contributed by atoms with Crippen molar-refractivity contribution in [3.05, 3.63) is 76.6 Å². The molecule has 0 aliphatic heterocycles. The average Bonchev–Trinajstić information content (AvgIpc) is 3.23. The van der Waals surface area contributed by atoms with Gasteiger partial charge in [-0.2, -0.15) is 4.98 Å². The van der Waals surface area contributed by atoms with Crippen molar-refractivity contribution in [1.82, 2.24) is 19.6 Å². The largest absolute Gasteiger partial charge is 0.497 e. The van der Waals surface area contributed by atoms with Crippen LogP contribution in [0.1, 0.15) is 45.1 Å². The van der Waals surface area contributed by atoms with Gasteiger partial charge in [0, 0.05) is 30.4 Å². The van der Waals surface area contributed by atoms with E-state index in [-0.39, 0.29) is 11.7 Å². The molecule has 0 unspecified atom stereocenters. The first-order valence-corrected chi connectivity index (χ1v) is 11.7. The molecule has 8 heteroatoms. The number of hydrogen-bond acceptors (Lipinski definition) is 7. The standard InChI is InChI=1S/C25H24N4O3S/c1-15-4-6-16(7-5-15)14-33-25-27-24-26-21-10-17(11-22(30)20(21)13-29(24)28-25)19-9-8-18(31-2)12-23(19)32-3/h4-9,12-13,17H,10-11,14H2,1-3H3/t17-/m0/s1. The lowest BCUT2D eigenvalue weighted by molar-refractivity contribution is 0.0962. The number of Topliss-reactive ketones (excluding diaryl/α,β-unsaturated/α-hetero) is 1. The van der Waals surface area contributed by atoms with Crippen molar-refractivity contribution in [2.24, 2.45) is 0 Å². The number of methoxy groups -OCH3 is 2. The van der Waals surface area contributed by atoms with E-state index in [1.807, 2.05) is 18.2 Å². The van der Waals surface area contributed by atoms with Gasteiger partial charge in [-0.25, -0.2) is 9.50 Å². The van der Waals surface area contributed by atoms with Crippen LogP contribution >= 0.6 is 11.8 Å².